The van der Waals surface area contributed by atoms with E-state index in [0.29, 0.717) is 0 Å². The molecule has 0 spiro atoms. The zero-order valence-electron chi connectivity index (χ0n) is 9.53. The van der Waals surface area contributed by atoms with Gasteiger partial charge in [0.1, 0.15) is 0 Å². The van der Waals surface area contributed by atoms with Gasteiger partial charge in [0.15, 0.2) is 0 Å². The molecule has 0 aromatic carbocycles. The van der Waals surface area contributed by atoms with Crippen molar-refractivity contribution in [3.05, 3.63) is 23.5 Å². The molecule has 14 heavy (non-hydrogen) atoms. The fraction of sp³-hybridized carbons (Fsp3) is 0.455. The van der Waals surface area contributed by atoms with Gasteiger partial charge >= 0.3 is 0 Å². The highest BCUT2D eigenvalue weighted by Gasteiger charge is 1.96. The molecule has 0 bridgehead atoms. The van der Waals surface area contributed by atoms with Crippen molar-refractivity contribution in [2.24, 2.45) is 0 Å². The monoisotopic (exact) mass is 210 g/mol. The second kappa shape index (κ2) is 7.44. The standard InChI is InChI=1S/C7H6N2S.2C2H6/c1-5-9-6-4-8-3-2-7(6)10-5;2*1-2/h2-4H,1H3;2*1-2H3. The number of aromatic nitrogens is 2. The lowest BCUT2D eigenvalue weighted by atomic mass is 10.5. The van der Waals surface area contributed by atoms with Gasteiger partial charge in [-0.15, -0.1) is 11.3 Å². The third-order valence-electron chi connectivity index (χ3n) is 1.30. The highest BCUT2D eigenvalue weighted by atomic mass is 32.1. The number of pyridine rings is 1. The molecule has 0 atom stereocenters. The Balaban J connectivity index is 0.000000379. The van der Waals surface area contributed by atoms with Crippen LogP contribution in [-0.2, 0) is 0 Å². The van der Waals surface area contributed by atoms with Gasteiger partial charge in [-0.2, -0.15) is 0 Å². The second-order valence-electron chi connectivity index (χ2n) is 2.08. The molecule has 2 nitrogen and oxygen atoms in total. The zero-order chi connectivity index (χ0) is 11.0. The topological polar surface area (TPSA) is 25.8 Å². The molecule has 2 aromatic rings. The molecular weight excluding hydrogens is 192 g/mol. The number of nitrogens with zero attached hydrogens (tertiary/aromatic N) is 2. The summed E-state index contributed by atoms with van der Waals surface area (Å²) in [4.78, 5) is 8.24. The zero-order valence-corrected chi connectivity index (χ0v) is 10.4. The van der Waals surface area contributed by atoms with Gasteiger partial charge in [0.2, 0.25) is 0 Å². The lowest BCUT2D eigenvalue weighted by molar-refractivity contribution is 1.30. The first kappa shape index (κ1) is 13.0. The molecule has 0 aliphatic carbocycles. The van der Waals surface area contributed by atoms with Crippen LogP contribution in [0.2, 0.25) is 0 Å². The first-order valence-electron chi connectivity index (χ1n) is 5.03. The molecule has 2 rings (SSSR count). The predicted octanol–water partition coefficient (Wildman–Crippen LogP) is 4.05. The molecular formula is C11H18N2S. The van der Waals surface area contributed by atoms with Crippen molar-refractivity contribution in [3.63, 3.8) is 0 Å². The van der Waals surface area contributed by atoms with E-state index >= 15 is 0 Å². The van der Waals surface area contributed by atoms with Gasteiger partial charge in [-0.05, 0) is 13.0 Å². The van der Waals surface area contributed by atoms with Crippen LogP contribution in [0.5, 0.6) is 0 Å². The van der Waals surface area contributed by atoms with Crippen molar-refractivity contribution in [2.75, 3.05) is 0 Å². The molecule has 0 saturated carbocycles. The minimum atomic E-state index is 1.00. The van der Waals surface area contributed by atoms with Crippen LogP contribution in [0.1, 0.15) is 32.7 Å². The maximum Gasteiger partial charge on any atom is 0.0998 e. The van der Waals surface area contributed by atoms with Crippen LogP contribution in [0.4, 0.5) is 0 Å². The van der Waals surface area contributed by atoms with E-state index in [2.05, 4.69) is 9.97 Å². The van der Waals surface area contributed by atoms with Crippen LogP contribution in [-0.4, -0.2) is 9.97 Å². The van der Waals surface area contributed by atoms with E-state index in [1.807, 2.05) is 40.7 Å². The van der Waals surface area contributed by atoms with E-state index in [4.69, 9.17) is 0 Å². The van der Waals surface area contributed by atoms with Crippen molar-refractivity contribution >= 4 is 21.6 Å². The van der Waals surface area contributed by atoms with Crippen molar-refractivity contribution < 1.29 is 0 Å². The van der Waals surface area contributed by atoms with E-state index < -0.39 is 0 Å². The van der Waals surface area contributed by atoms with Gasteiger partial charge in [-0.1, -0.05) is 27.7 Å². The maximum atomic E-state index is 4.27. The van der Waals surface area contributed by atoms with Gasteiger partial charge in [-0.25, -0.2) is 4.98 Å². The Bertz CT molecular complexity index is 322. The van der Waals surface area contributed by atoms with Gasteiger partial charge in [0, 0.05) is 6.20 Å². The van der Waals surface area contributed by atoms with Crippen LogP contribution in [0.3, 0.4) is 0 Å². The average Bonchev–Trinajstić information content (AvgIpc) is 2.64. The Morgan fingerprint density at radius 2 is 1.79 bits per heavy atom. The van der Waals surface area contributed by atoms with Gasteiger partial charge in [-0.3, -0.25) is 4.98 Å². The van der Waals surface area contributed by atoms with Crippen molar-refractivity contribution in [3.8, 4) is 0 Å². The summed E-state index contributed by atoms with van der Waals surface area (Å²) in [6.07, 6.45) is 3.58. The van der Waals surface area contributed by atoms with Crippen LogP contribution in [0.25, 0.3) is 10.2 Å². The van der Waals surface area contributed by atoms with E-state index in [1.165, 1.54) is 4.70 Å². The average molecular weight is 210 g/mol. The number of aryl methyl sites for hydroxylation is 1. The molecule has 3 heteroatoms. The van der Waals surface area contributed by atoms with E-state index in [-0.39, 0.29) is 0 Å². The van der Waals surface area contributed by atoms with Gasteiger partial charge < -0.3 is 0 Å². The highest BCUT2D eigenvalue weighted by Crippen LogP contribution is 2.18. The summed E-state index contributed by atoms with van der Waals surface area (Å²) in [6.45, 7) is 10.0. The number of thiazole rings is 1. The molecule has 0 radical (unpaired) electrons. The number of rotatable bonds is 0. The van der Waals surface area contributed by atoms with Crippen molar-refractivity contribution in [1.29, 1.82) is 0 Å². The van der Waals surface area contributed by atoms with Gasteiger partial charge in [0.05, 0.1) is 21.4 Å². The van der Waals surface area contributed by atoms with E-state index in [1.54, 1.807) is 23.7 Å². The molecule has 2 aromatic heterocycles. The SMILES string of the molecule is CC.CC.Cc1nc2cnccc2s1. The Labute approximate surface area is 90.0 Å². The Morgan fingerprint density at radius 3 is 2.36 bits per heavy atom. The molecule has 0 fully saturated rings. The van der Waals surface area contributed by atoms with Gasteiger partial charge in [0.25, 0.3) is 0 Å². The summed E-state index contributed by atoms with van der Waals surface area (Å²) >= 11 is 1.70. The lowest BCUT2D eigenvalue weighted by Gasteiger charge is -1.80. The summed E-state index contributed by atoms with van der Waals surface area (Å²) in [6, 6.07) is 1.99. The van der Waals surface area contributed by atoms with Crippen molar-refractivity contribution in [2.45, 2.75) is 34.6 Å². The Morgan fingerprint density at radius 1 is 1.14 bits per heavy atom. The quantitative estimate of drug-likeness (QED) is 0.655. The molecule has 78 valence electrons. The predicted molar refractivity (Wildman–Crippen MR) is 64.8 cm³/mol. The molecule has 0 amide bonds. The number of fused-ring (bicyclic) bond motifs is 1. The Kier molecular flexibility index (Phi) is 6.93. The van der Waals surface area contributed by atoms with E-state index in [9.17, 15) is 0 Å². The molecule has 0 saturated heterocycles. The second-order valence-corrected chi connectivity index (χ2v) is 3.31. The van der Waals surface area contributed by atoms with Crippen LogP contribution in [0.15, 0.2) is 18.5 Å². The van der Waals surface area contributed by atoms with E-state index in [0.717, 1.165) is 10.5 Å². The summed E-state index contributed by atoms with van der Waals surface area (Å²) in [5, 5.41) is 1.10. The summed E-state index contributed by atoms with van der Waals surface area (Å²) in [5.41, 5.74) is 1.00. The molecule has 0 unspecified atom stereocenters. The first-order chi connectivity index (χ1) is 6.86. The lowest BCUT2D eigenvalue weighted by Crippen LogP contribution is -1.69. The minimum Gasteiger partial charge on any atom is -0.262 e. The van der Waals surface area contributed by atoms with Crippen molar-refractivity contribution in [1.82, 2.24) is 9.97 Å². The fourth-order valence-corrected chi connectivity index (χ4v) is 1.69. The highest BCUT2D eigenvalue weighted by molar-refractivity contribution is 7.18. The summed E-state index contributed by atoms with van der Waals surface area (Å²) in [7, 11) is 0. The number of hydrogen-bond acceptors (Lipinski definition) is 3. The normalized spacial score (nSPS) is 8.36. The largest absolute Gasteiger partial charge is 0.262 e. The number of hydrogen-bond donors (Lipinski definition) is 0. The third-order valence-corrected chi connectivity index (χ3v) is 2.25. The molecule has 0 aliphatic heterocycles. The Hall–Kier alpha value is -0.960. The summed E-state index contributed by atoms with van der Waals surface area (Å²) in [5.74, 6) is 0. The molecule has 0 N–H and O–H groups in total. The summed E-state index contributed by atoms with van der Waals surface area (Å²) < 4.78 is 1.22. The smallest absolute Gasteiger partial charge is 0.0998 e. The molecule has 0 aliphatic rings. The van der Waals surface area contributed by atoms with Crippen LogP contribution in [0, 0.1) is 6.92 Å². The third kappa shape index (κ3) is 3.42. The van der Waals surface area contributed by atoms with Crippen LogP contribution >= 0.6 is 11.3 Å². The fourth-order valence-electron chi connectivity index (χ4n) is 0.895. The van der Waals surface area contributed by atoms with Crippen LogP contribution < -0.4 is 0 Å². The minimum absolute atomic E-state index is 1.00. The molecule has 2 heterocycles. The maximum absolute atomic E-state index is 4.27. The first-order valence-corrected chi connectivity index (χ1v) is 5.85.